The molecule has 0 radical (unpaired) electrons. The first-order valence-electron chi connectivity index (χ1n) is 7.75. The molecule has 0 saturated heterocycles. The van der Waals surface area contributed by atoms with Crippen LogP contribution in [-0.4, -0.2) is 0 Å². The molecule has 0 aliphatic rings. The predicted molar refractivity (Wildman–Crippen MR) is 104 cm³/mol. The van der Waals surface area contributed by atoms with E-state index in [0.29, 0.717) is 0 Å². The van der Waals surface area contributed by atoms with E-state index in [1.165, 1.54) is 32.6 Å². The molecule has 1 atom stereocenters. The molecule has 0 N–H and O–H groups in total. The van der Waals surface area contributed by atoms with E-state index in [1.54, 1.807) is 0 Å². The van der Waals surface area contributed by atoms with Gasteiger partial charge in [0.2, 0.25) is 0 Å². The van der Waals surface area contributed by atoms with Crippen LogP contribution in [0.3, 0.4) is 0 Å². The summed E-state index contributed by atoms with van der Waals surface area (Å²) in [5.74, 6) is 0. The van der Waals surface area contributed by atoms with Crippen LogP contribution in [0.25, 0.3) is 0 Å². The second-order valence-electron chi connectivity index (χ2n) is 5.87. The van der Waals surface area contributed by atoms with Gasteiger partial charge in [0.1, 0.15) is 0 Å². The lowest BCUT2D eigenvalue weighted by atomic mass is 10.1. The minimum absolute atomic E-state index is 0.653. The number of rotatable bonds is 3. The summed E-state index contributed by atoms with van der Waals surface area (Å²) in [5, 5.41) is 4.84. The molecule has 0 heterocycles. The van der Waals surface area contributed by atoms with Crippen LogP contribution < -0.4 is 15.9 Å². The van der Waals surface area contributed by atoms with Crippen molar-refractivity contribution in [3.63, 3.8) is 0 Å². The quantitative estimate of drug-likeness (QED) is 0.588. The summed E-state index contributed by atoms with van der Waals surface area (Å²) < 4.78 is 0. The number of hydrogen-bond donors (Lipinski definition) is 0. The summed E-state index contributed by atoms with van der Waals surface area (Å²) in [6, 6.07) is 23.5. The van der Waals surface area contributed by atoms with Crippen LogP contribution in [0, 0.1) is 20.8 Å². The smallest absolute Gasteiger partial charge is 0.0489 e. The number of halogens is 1. The van der Waals surface area contributed by atoms with Gasteiger partial charge in [-0.3, -0.25) is 0 Å². The molecular weight excluding hydrogens is 319 g/mol. The Balaban J connectivity index is 2.28. The van der Waals surface area contributed by atoms with E-state index in [1.807, 2.05) is 12.1 Å². The molecular formula is C21H20ClP. The van der Waals surface area contributed by atoms with Crippen LogP contribution in [0.2, 0.25) is 5.02 Å². The topological polar surface area (TPSA) is 0 Å². The largest absolute Gasteiger partial charge is 0.0836 e. The third-order valence-electron chi connectivity index (χ3n) is 3.97. The van der Waals surface area contributed by atoms with E-state index < -0.39 is 7.92 Å². The van der Waals surface area contributed by atoms with Gasteiger partial charge in [-0.15, -0.1) is 0 Å². The van der Waals surface area contributed by atoms with E-state index in [9.17, 15) is 0 Å². The number of hydrogen-bond acceptors (Lipinski definition) is 0. The van der Waals surface area contributed by atoms with E-state index in [0.717, 1.165) is 5.02 Å². The van der Waals surface area contributed by atoms with Crippen molar-refractivity contribution in [2.75, 3.05) is 0 Å². The first-order chi connectivity index (χ1) is 11.1. The highest BCUT2D eigenvalue weighted by molar-refractivity contribution is 7.80. The Bertz CT molecular complexity index is 801. The predicted octanol–water partition coefficient (Wildman–Crippen LogP) is 5.02. The molecule has 0 bridgehead atoms. The third kappa shape index (κ3) is 3.34. The standard InChI is InChI=1S/C21H20ClP/c1-15-13-16(2)21(17(3)14-15)23(18-9-5-4-6-10-18)20-12-8-7-11-19(20)22/h4-14H,1-3H3. The Hall–Kier alpha value is -1.62. The van der Waals surface area contributed by atoms with Crippen molar-refractivity contribution in [3.8, 4) is 0 Å². The van der Waals surface area contributed by atoms with Gasteiger partial charge in [0.15, 0.2) is 0 Å². The van der Waals surface area contributed by atoms with Gasteiger partial charge < -0.3 is 0 Å². The van der Waals surface area contributed by atoms with Crippen molar-refractivity contribution >= 4 is 35.4 Å². The molecule has 23 heavy (non-hydrogen) atoms. The normalized spacial score (nSPS) is 12.2. The Labute approximate surface area is 144 Å². The fourth-order valence-electron chi connectivity index (χ4n) is 3.12. The summed E-state index contributed by atoms with van der Waals surface area (Å²) in [6.07, 6.45) is 0. The van der Waals surface area contributed by atoms with Gasteiger partial charge in [0.05, 0.1) is 0 Å². The SMILES string of the molecule is Cc1cc(C)c(P(c2ccccc2)c2ccccc2Cl)c(C)c1. The monoisotopic (exact) mass is 338 g/mol. The molecule has 0 spiro atoms. The Morgan fingerprint density at radius 2 is 1.30 bits per heavy atom. The van der Waals surface area contributed by atoms with Gasteiger partial charge in [0.25, 0.3) is 0 Å². The summed E-state index contributed by atoms with van der Waals surface area (Å²) >= 11 is 6.57. The molecule has 0 fully saturated rings. The average Bonchev–Trinajstić information content (AvgIpc) is 2.52. The lowest BCUT2D eigenvalue weighted by molar-refractivity contribution is 1.36. The Morgan fingerprint density at radius 1 is 0.739 bits per heavy atom. The number of benzene rings is 3. The summed E-state index contributed by atoms with van der Waals surface area (Å²) in [4.78, 5) is 0. The Kier molecular flexibility index (Phi) is 4.85. The zero-order valence-electron chi connectivity index (χ0n) is 13.7. The summed E-state index contributed by atoms with van der Waals surface area (Å²) in [5.41, 5.74) is 4.00. The van der Waals surface area contributed by atoms with Gasteiger partial charge in [-0.2, -0.15) is 0 Å². The third-order valence-corrected chi connectivity index (χ3v) is 7.27. The highest BCUT2D eigenvalue weighted by Gasteiger charge is 2.22. The molecule has 3 aromatic carbocycles. The van der Waals surface area contributed by atoms with Crippen LogP contribution in [0.15, 0.2) is 66.7 Å². The van der Waals surface area contributed by atoms with Gasteiger partial charge in [0, 0.05) is 10.3 Å². The van der Waals surface area contributed by atoms with E-state index in [2.05, 4.69) is 75.4 Å². The first kappa shape index (κ1) is 16.2. The molecule has 3 aromatic rings. The fourth-order valence-corrected chi connectivity index (χ4v) is 6.12. The molecule has 0 nitrogen and oxygen atoms in total. The van der Waals surface area contributed by atoms with Crippen LogP contribution in [0.1, 0.15) is 16.7 Å². The molecule has 0 aliphatic carbocycles. The molecule has 3 rings (SSSR count). The highest BCUT2D eigenvalue weighted by Crippen LogP contribution is 2.38. The Morgan fingerprint density at radius 3 is 1.91 bits per heavy atom. The van der Waals surface area contributed by atoms with Gasteiger partial charge in [-0.25, -0.2) is 0 Å². The van der Waals surface area contributed by atoms with Crippen LogP contribution in [0.4, 0.5) is 0 Å². The maximum Gasteiger partial charge on any atom is 0.0489 e. The number of aryl methyl sites for hydroxylation is 3. The van der Waals surface area contributed by atoms with Crippen molar-refractivity contribution in [3.05, 3.63) is 88.4 Å². The van der Waals surface area contributed by atoms with Gasteiger partial charge in [-0.1, -0.05) is 77.8 Å². The average molecular weight is 339 g/mol. The first-order valence-corrected chi connectivity index (χ1v) is 9.47. The minimum Gasteiger partial charge on any atom is -0.0836 e. The van der Waals surface area contributed by atoms with Crippen molar-refractivity contribution in [2.45, 2.75) is 20.8 Å². The van der Waals surface area contributed by atoms with Crippen molar-refractivity contribution in [2.24, 2.45) is 0 Å². The second kappa shape index (κ2) is 6.87. The molecule has 116 valence electrons. The summed E-state index contributed by atoms with van der Waals surface area (Å²) in [6.45, 7) is 6.58. The lowest BCUT2D eigenvalue weighted by Crippen LogP contribution is -2.25. The van der Waals surface area contributed by atoms with E-state index in [-0.39, 0.29) is 0 Å². The van der Waals surface area contributed by atoms with Crippen LogP contribution >= 0.6 is 19.5 Å². The summed E-state index contributed by atoms with van der Waals surface area (Å²) in [7, 11) is -0.653. The molecule has 2 heteroatoms. The van der Waals surface area contributed by atoms with Crippen molar-refractivity contribution < 1.29 is 0 Å². The molecule has 0 amide bonds. The highest BCUT2D eigenvalue weighted by atomic mass is 35.5. The van der Waals surface area contributed by atoms with E-state index in [4.69, 9.17) is 11.6 Å². The van der Waals surface area contributed by atoms with Crippen LogP contribution in [-0.2, 0) is 0 Å². The molecule has 0 aliphatic heterocycles. The van der Waals surface area contributed by atoms with Crippen LogP contribution in [0.5, 0.6) is 0 Å². The fraction of sp³-hybridized carbons (Fsp3) is 0.143. The zero-order valence-corrected chi connectivity index (χ0v) is 15.3. The molecule has 0 saturated carbocycles. The minimum atomic E-state index is -0.653. The lowest BCUT2D eigenvalue weighted by Gasteiger charge is -2.24. The maximum absolute atomic E-state index is 6.57. The van der Waals surface area contributed by atoms with Gasteiger partial charge in [-0.05, 0) is 56.5 Å². The second-order valence-corrected chi connectivity index (χ2v) is 8.39. The molecule has 1 unspecified atom stereocenters. The van der Waals surface area contributed by atoms with Crippen molar-refractivity contribution in [1.29, 1.82) is 0 Å². The zero-order chi connectivity index (χ0) is 16.4. The van der Waals surface area contributed by atoms with E-state index >= 15 is 0 Å². The van der Waals surface area contributed by atoms with Crippen molar-refractivity contribution in [1.82, 2.24) is 0 Å². The van der Waals surface area contributed by atoms with Gasteiger partial charge >= 0.3 is 0 Å². The molecule has 0 aromatic heterocycles. The maximum atomic E-state index is 6.57.